The molecule has 1 fully saturated rings. The van der Waals surface area contributed by atoms with E-state index >= 15 is 0 Å². The third-order valence-corrected chi connectivity index (χ3v) is 4.60. The topological polar surface area (TPSA) is 38.0 Å². The first-order valence-electron chi connectivity index (χ1n) is 7.95. The summed E-state index contributed by atoms with van der Waals surface area (Å²) in [6.45, 7) is 10.3. The van der Waals surface area contributed by atoms with Crippen LogP contribution in [0, 0.1) is 17.3 Å². The molecule has 0 bridgehead atoms. The lowest BCUT2D eigenvalue weighted by Gasteiger charge is -2.30. The average Bonchev–Trinajstić information content (AvgIpc) is 2.22. The van der Waals surface area contributed by atoms with Crippen LogP contribution in [0.3, 0.4) is 0 Å². The lowest BCUT2D eigenvalue weighted by atomic mass is 9.76. The van der Waals surface area contributed by atoms with Crippen LogP contribution in [-0.4, -0.2) is 19.6 Å². The molecule has 3 N–H and O–H groups in total. The molecule has 1 rings (SSSR count). The smallest absolute Gasteiger partial charge is 0.00463 e. The maximum absolute atomic E-state index is 5.72. The minimum Gasteiger partial charge on any atom is -0.330 e. The Labute approximate surface area is 114 Å². The average molecular weight is 254 g/mol. The van der Waals surface area contributed by atoms with Gasteiger partial charge in [-0.15, -0.1) is 0 Å². The molecule has 2 nitrogen and oxygen atoms in total. The van der Waals surface area contributed by atoms with Crippen LogP contribution in [0.5, 0.6) is 0 Å². The van der Waals surface area contributed by atoms with Gasteiger partial charge in [-0.3, -0.25) is 0 Å². The van der Waals surface area contributed by atoms with Gasteiger partial charge in [-0.05, 0) is 62.6 Å². The van der Waals surface area contributed by atoms with Gasteiger partial charge in [0.1, 0.15) is 0 Å². The highest BCUT2D eigenvalue weighted by atomic mass is 14.8. The fourth-order valence-corrected chi connectivity index (χ4v) is 2.90. The molecule has 1 saturated carbocycles. The van der Waals surface area contributed by atoms with E-state index in [0.717, 1.165) is 18.4 Å². The van der Waals surface area contributed by atoms with Gasteiger partial charge >= 0.3 is 0 Å². The molecule has 2 heteroatoms. The molecule has 0 heterocycles. The van der Waals surface area contributed by atoms with E-state index in [1.165, 1.54) is 58.0 Å². The minimum atomic E-state index is 0.408. The zero-order valence-corrected chi connectivity index (χ0v) is 12.8. The van der Waals surface area contributed by atoms with Gasteiger partial charge in [-0.1, -0.05) is 40.0 Å². The summed E-state index contributed by atoms with van der Waals surface area (Å²) in [6, 6.07) is 0. The highest BCUT2D eigenvalue weighted by molar-refractivity contribution is 4.75. The molecule has 108 valence electrons. The highest BCUT2D eigenvalue weighted by Crippen LogP contribution is 2.32. The van der Waals surface area contributed by atoms with Crippen LogP contribution >= 0.6 is 0 Å². The van der Waals surface area contributed by atoms with Crippen LogP contribution in [0.1, 0.15) is 65.7 Å². The monoisotopic (exact) mass is 254 g/mol. The van der Waals surface area contributed by atoms with Crippen LogP contribution in [0.2, 0.25) is 0 Å². The Morgan fingerprint density at radius 3 is 2.39 bits per heavy atom. The van der Waals surface area contributed by atoms with E-state index < -0.39 is 0 Å². The van der Waals surface area contributed by atoms with Crippen LogP contribution in [0.4, 0.5) is 0 Å². The first-order chi connectivity index (χ1) is 8.54. The molecule has 0 aliphatic heterocycles. The van der Waals surface area contributed by atoms with E-state index in [4.69, 9.17) is 5.73 Å². The van der Waals surface area contributed by atoms with E-state index in [1.54, 1.807) is 0 Å². The standard InChI is InChI=1S/C16H34N2/c1-16(2,3)15(9-11-17)8-5-12-18-13-10-14-6-4-7-14/h14-15,18H,4-13,17H2,1-3H3. The molecule has 0 amide bonds. The fraction of sp³-hybridized carbons (Fsp3) is 1.00. The van der Waals surface area contributed by atoms with Crippen molar-refractivity contribution in [2.24, 2.45) is 23.0 Å². The Morgan fingerprint density at radius 1 is 1.17 bits per heavy atom. The Balaban J connectivity index is 1.99. The van der Waals surface area contributed by atoms with Crippen molar-refractivity contribution in [3.63, 3.8) is 0 Å². The quantitative estimate of drug-likeness (QED) is 0.617. The third-order valence-electron chi connectivity index (χ3n) is 4.60. The van der Waals surface area contributed by atoms with E-state index in [2.05, 4.69) is 26.1 Å². The predicted molar refractivity (Wildman–Crippen MR) is 80.7 cm³/mol. The zero-order chi connectivity index (χ0) is 13.4. The van der Waals surface area contributed by atoms with Crippen LogP contribution in [0.25, 0.3) is 0 Å². The summed E-state index contributed by atoms with van der Waals surface area (Å²) in [5, 5.41) is 3.60. The SMILES string of the molecule is CC(C)(C)C(CCN)CCCNCCC1CCC1. The summed E-state index contributed by atoms with van der Waals surface area (Å²) in [4.78, 5) is 0. The first-order valence-corrected chi connectivity index (χ1v) is 7.95. The molecular formula is C16H34N2. The van der Waals surface area contributed by atoms with E-state index in [-0.39, 0.29) is 0 Å². The molecule has 0 radical (unpaired) electrons. The van der Waals surface area contributed by atoms with Crippen molar-refractivity contribution < 1.29 is 0 Å². The summed E-state index contributed by atoms with van der Waals surface area (Å²) in [5.74, 6) is 1.81. The minimum absolute atomic E-state index is 0.408. The molecule has 18 heavy (non-hydrogen) atoms. The number of nitrogens with one attached hydrogen (secondary N) is 1. The molecule has 0 spiro atoms. The van der Waals surface area contributed by atoms with Crippen molar-refractivity contribution in [3.8, 4) is 0 Å². The van der Waals surface area contributed by atoms with Gasteiger partial charge in [0.15, 0.2) is 0 Å². The summed E-state index contributed by atoms with van der Waals surface area (Å²) in [7, 11) is 0. The van der Waals surface area contributed by atoms with Crippen LogP contribution in [-0.2, 0) is 0 Å². The van der Waals surface area contributed by atoms with Crippen LogP contribution in [0.15, 0.2) is 0 Å². The largest absolute Gasteiger partial charge is 0.330 e. The number of nitrogens with two attached hydrogens (primary N) is 1. The number of rotatable bonds is 9. The molecule has 0 saturated heterocycles. The van der Waals surface area contributed by atoms with Crippen LogP contribution < -0.4 is 11.1 Å². The summed E-state index contributed by atoms with van der Waals surface area (Å²) < 4.78 is 0. The van der Waals surface area contributed by atoms with Crippen molar-refractivity contribution in [3.05, 3.63) is 0 Å². The fourth-order valence-electron chi connectivity index (χ4n) is 2.90. The summed E-state index contributed by atoms with van der Waals surface area (Å²) in [6.07, 6.45) is 9.60. The van der Waals surface area contributed by atoms with Gasteiger partial charge < -0.3 is 11.1 Å². The third kappa shape index (κ3) is 6.19. The second-order valence-electron chi connectivity index (χ2n) is 7.12. The van der Waals surface area contributed by atoms with Gasteiger partial charge in [-0.25, -0.2) is 0 Å². The maximum Gasteiger partial charge on any atom is -0.00463 e. The second kappa shape index (κ2) is 8.16. The molecule has 1 aliphatic rings. The van der Waals surface area contributed by atoms with E-state index in [0.29, 0.717) is 5.41 Å². The lowest BCUT2D eigenvalue weighted by Crippen LogP contribution is -2.26. The van der Waals surface area contributed by atoms with Gasteiger partial charge in [0.2, 0.25) is 0 Å². The molecule has 1 aliphatic carbocycles. The van der Waals surface area contributed by atoms with Gasteiger partial charge in [0.25, 0.3) is 0 Å². The zero-order valence-electron chi connectivity index (χ0n) is 12.8. The first kappa shape index (κ1) is 16.0. The van der Waals surface area contributed by atoms with Crippen molar-refractivity contribution >= 4 is 0 Å². The maximum atomic E-state index is 5.72. The Morgan fingerprint density at radius 2 is 1.89 bits per heavy atom. The van der Waals surface area contributed by atoms with Crippen molar-refractivity contribution in [2.45, 2.75) is 65.7 Å². The Hall–Kier alpha value is -0.0800. The lowest BCUT2D eigenvalue weighted by molar-refractivity contribution is 0.210. The summed E-state index contributed by atoms with van der Waals surface area (Å²) in [5.41, 5.74) is 6.13. The van der Waals surface area contributed by atoms with E-state index in [1.807, 2.05) is 0 Å². The summed E-state index contributed by atoms with van der Waals surface area (Å²) >= 11 is 0. The molecule has 1 unspecified atom stereocenters. The Kier molecular flexibility index (Phi) is 7.25. The molecule has 0 aromatic carbocycles. The molecule has 0 aromatic heterocycles. The number of hydrogen-bond donors (Lipinski definition) is 2. The highest BCUT2D eigenvalue weighted by Gasteiger charge is 2.23. The van der Waals surface area contributed by atoms with Crippen molar-refractivity contribution in [1.82, 2.24) is 5.32 Å². The predicted octanol–water partition coefficient (Wildman–Crippen LogP) is 3.56. The van der Waals surface area contributed by atoms with Crippen molar-refractivity contribution in [2.75, 3.05) is 19.6 Å². The van der Waals surface area contributed by atoms with Gasteiger partial charge in [0.05, 0.1) is 0 Å². The molecule has 1 atom stereocenters. The number of hydrogen-bond acceptors (Lipinski definition) is 2. The Bertz CT molecular complexity index is 204. The van der Waals surface area contributed by atoms with Gasteiger partial charge in [-0.2, -0.15) is 0 Å². The van der Waals surface area contributed by atoms with E-state index in [9.17, 15) is 0 Å². The normalized spacial score (nSPS) is 18.7. The molecular weight excluding hydrogens is 220 g/mol. The van der Waals surface area contributed by atoms with Gasteiger partial charge in [0, 0.05) is 0 Å². The second-order valence-corrected chi connectivity index (χ2v) is 7.12. The van der Waals surface area contributed by atoms with Crippen molar-refractivity contribution in [1.29, 1.82) is 0 Å². The molecule has 0 aromatic rings.